The molecule has 0 heterocycles. The lowest BCUT2D eigenvalue weighted by Gasteiger charge is -2.11. The van der Waals surface area contributed by atoms with Gasteiger partial charge in [0.15, 0.2) is 0 Å². The highest BCUT2D eigenvalue weighted by Gasteiger charge is 2.12. The normalized spacial score (nSPS) is 10.2. The van der Waals surface area contributed by atoms with Crippen molar-refractivity contribution in [1.29, 1.82) is 0 Å². The predicted octanol–water partition coefficient (Wildman–Crippen LogP) is 3.59. The molecule has 0 aliphatic rings. The Kier molecular flexibility index (Phi) is 4.48. The predicted molar refractivity (Wildman–Crippen MR) is 80.2 cm³/mol. The molecule has 0 aromatic heterocycles. The summed E-state index contributed by atoms with van der Waals surface area (Å²) in [6, 6.07) is 11.0. The molecule has 0 fully saturated rings. The van der Waals surface area contributed by atoms with Crippen LogP contribution in [0.15, 0.2) is 36.4 Å². The van der Waals surface area contributed by atoms with Crippen LogP contribution in [0.4, 0.5) is 0 Å². The van der Waals surface area contributed by atoms with Gasteiger partial charge in [-0.25, -0.2) is 4.79 Å². The van der Waals surface area contributed by atoms with Crippen molar-refractivity contribution in [3.8, 4) is 11.5 Å². The number of carbonyl (C=O) groups is 1. The van der Waals surface area contributed by atoms with Crippen LogP contribution in [0.25, 0.3) is 0 Å². The summed E-state index contributed by atoms with van der Waals surface area (Å²) >= 11 is 0. The van der Waals surface area contributed by atoms with Crippen LogP contribution in [0.1, 0.15) is 27.0 Å². The number of hydrogen-bond donors (Lipinski definition) is 1. The van der Waals surface area contributed by atoms with Crippen LogP contribution in [0, 0.1) is 13.8 Å². The van der Waals surface area contributed by atoms with E-state index in [1.807, 2.05) is 32.0 Å². The molecule has 2 aromatic rings. The van der Waals surface area contributed by atoms with Gasteiger partial charge in [-0.15, -0.1) is 0 Å². The first-order valence-corrected chi connectivity index (χ1v) is 6.61. The average Bonchev–Trinajstić information content (AvgIpc) is 2.46. The van der Waals surface area contributed by atoms with Crippen molar-refractivity contribution < 1.29 is 19.4 Å². The molecule has 21 heavy (non-hydrogen) atoms. The second-order valence-electron chi connectivity index (χ2n) is 4.90. The summed E-state index contributed by atoms with van der Waals surface area (Å²) in [7, 11) is 1.45. The van der Waals surface area contributed by atoms with Crippen LogP contribution in [-0.4, -0.2) is 18.2 Å². The molecular weight excluding hydrogens is 268 g/mol. The van der Waals surface area contributed by atoms with Gasteiger partial charge in [0.2, 0.25) is 0 Å². The van der Waals surface area contributed by atoms with Gasteiger partial charge >= 0.3 is 5.97 Å². The minimum atomic E-state index is -1.01. The Morgan fingerprint density at radius 3 is 2.43 bits per heavy atom. The quantitative estimate of drug-likeness (QED) is 0.912. The van der Waals surface area contributed by atoms with Crippen molar-refractivity contribution in [1.82, 2.24) is 0 Å². The van der Waals surface area contributed by atoms with E-state index >= 15 is 0 Å². The van der Waals surface area contributed by atoms with Crippen LogP contribution in [0.5, 0.6) is 11.5 Å². The largest absolute Gasteiger partial charge is 0.496 e. The van der Waals surface area contributed by atoms with Crippen molar-refractivity contribution in [3.05, 3.63) is 58.7 Å². The minimum absolute atomic E-state index is 0.138. The Morgan fingerprint density at radius 2 is 1.81 bits per heavy atom. The molecule has 2 rings (SSSR count). The van der Waals surface area contributed by atoms with Crippen LogP contribution in [-0.2, 0) is 6.61 Å². The molecule has 0 aliphatic carbocycles. The van der Waals surface area contributed by atoms with E-state index in [9.17, 15) is 4.79 Å². The maximum Gasteiger partial charge on any atom is 0.339 e. The number of aromatic carboxylic acids is 1. The van der Waals surface area contributed by atoms with Crippen molar-refractivity contribution in [2.75, 3.05) is 7.11 Å². The second-order valence-corrected chi connectivity index (χ2v) is 4.90. The molecule has 1 N–H and O–H groups in total. The zero-order valence-corrected chi connectivity index (χ0v) is 12.3. The fourth-order valence-corrected chi connectivity index (χ4v) is 2.13. The topological polar surface area (TPSA) is 55.8 Å². The lowest BCUT2D eigenvalue weighted by Crippen LogP contribution is -2.03. The Hall–Kier alpha value is -2.49. The van der Waals surface area contributed by atoms with E-state index < -0.39 is 5.97 Å². The smallest absolute Gasteiger partial charge is 0.339 e. The maximum atomic E-state index is 11.2. The van der Waals surface area contributed by atoms with Crippen molar-refractivity contribution in [3.63, 3.8) is 0 Å². The van der Waals surface area contributed by atoms with Crippen molar-refractivity contribution in [2.24, 2.45) is 0 Å². The first-order chi connectivity index (χ1) is 10.0. The molecule has 0 bridgehead atoms. The van der Waals surface area contributed by atoms with Gasteiger partial charge in [-0.1, -0.05) is 23.8 Å². The molecule has 4 heteroatoms. The summed E-state index contributed by atoms with van der Waals surface area (Å²) in [5.41, 5.74) is 3.16. The lowest BCUT2D eigenvalue weighted by molar-refractivity contribution is 0.0693. The summed E-state index contributed by atoms with van der Waals surface area (Å²) in [5, 5.41) is 9.16. The zero-order chi connectivity index (χ0) is 15.4. The summed E-state index contributed by atoms with van der Waals surface area (Å²) in [6.45, 7) is 4.33. The Labute approximate surface area is 123 Å². The number of hydrogen-bond acceptors (Lipinski definition) is 3. The average molecular weight is 286 g/mol. The first-order valence-electron chi connectivity index (χ1n) is 6.61. The van der Waals surface area contributed by atoms with Crippen molar-refractivity contribution >= 4 is 5.97 Å². The number of rotatable bonds is 5. The van der Waals surface area contributed by atoms with E-state index in [-0.39, 0.29) is 5.56 Å². The van der Waals surface area contributed by atoms with Crippen LogP contribution in [0.2, 0.25) is 0 Å². The highest BCUT2D eigenvalue weighted by molar-refractivity contribution is 5.91. The third-order valence-corrected chi connectivity index (χ3v) is 3.22. The molecule has 0 atom stereocenters. The standard InChI is InChI=1S/C17H18O4/c1-11-4-6-15(12(2)8-11)21-10-13-5-7-16(20-3)14(9-13)17(18)19/h4-9H,10H2,1-3H3,(H,18,19). The minimum Gasteiger partial charge on any atom is -0.496 e. The molecule has 0 saturated heterocycles. The number of carboxylic acids is 1. The molecule has 0 spiro atoms. The summed E-state index contributed by atoms with van der Waals surface area (Å²) in [4.78, 5) is 11.2. The van der Waals surface area contributed by atoms with Crippen LogP contribution in [0.3, 0.4) is 0 Å². The van der Waals surface area contributed by atoms with Crippen LogP contribution < -0.4 is 9.47 Å². The summed E-state index contributed by atoms with van der Waals surface area (Å²) in [5.74, 6) is 0.131. The van der Waals surface area contributed by atoms with E-state index in [0.717, 1.165) is 16.9 Å². The van der Waals surface area contributed by atoms with Crippen molar-refractivity contribution in [2.45, 2.75) is 20.5 Å². The van der Waals surface area contributed by atoms with E-state index in [1.54, 1.807) is 18.2 Å². The van der Waals surface area contributed by atoms with Gasteiger partial charge < -0.3 is 14.6 Å². The van der Waals surface area contributed by atoms with Gasteiger partial charge in [-0.2, -0.15) is 0 Å². The van der Waals surface area contributed by atoms with Crippen LogP contribution >= 0.6 is 0 Å². The number of methoxy groups -OCH3 is 1. The third kappa shape index (κ3) is 3.54. The lowest BCUT2D eigenvalue weighted by atomic mass is 10.1. The number of carboxylic acid groups (broad SMARTS) is 1. The van der Waals surface area contributed by atoms with Gasteiger partial charge in [0.05, 0.1) is 7.11 Å². The molecular formula is C17H18O4. The highest BCUT2D eigenvalue weighted by Crippen LogP contribution is 2.23. The van der Waals surface area contributed by atoms with Gasteiger partial charge in [-0.05, 0) is 43.2 Å². The zero-order valence-electron chi connectivity index (χ0n) is 12.3. The third-order valence-electron chi connectivity index (χ3n) is 3.22. The Morgan fingerprint density at radius 1 is 1.10 bits per heavy atom. The maximum absolute atomic E-state index is 11.2. The number of aryl methyl sites for hydroxylation is 2. The summed E-state index contributed by atoms with van der Waals surface area (Å²) in [6.07, 6.45) is 0. The molecule has 0 aliphatic heterocycles. The number of benzene rings is 2. The van der Waals surface area contributed by atoms with E-state index in [1.165, 1.54) is 12.7 Å². The SMILES string of the molecule is COc1ccc(COc2ccc(C)cc2C)cc1C(=O)O. The molecule has 2 aromatic carbocycles. The fraction of sp³-hybridized carbons (Fsp3) is 0.235. The summed E-state index contributed by atoms with van der Waals surface area (Å²) < 4.78 is 10.8. The van der Waals surface area contributed by atoms with E-state index in [0.29, 0.717) is 12.4 Å². The van der Waals surface area contributed by atoms with Gasteiger partial charge in [-0.3, -0.25) is 0 Å². The highest BCUT2D eigenvalue weighted by atomic mass is 16.5. The molecule has 0 saturated carbocycles. The molecule has 0 amide bonds. The molecule has 0 radical (unpaired) electrons. The van der Waals surface area contributed by atoms with Gasteiger partial charge in [0.1, 0.15) is 23.7 Å². The monoisotopic (exact) mass is 286 g/mol. The van der Waals surface area contributed by atoms with E-state index in [4.69, 9.17) is 14.6 Å². The molecule has 4 nitrogen and oxygen atoms in total. The first kappa shape index (κ1) is 14.9. The Balaban J connectivity index is 2.16. The second kappa shape index (κ2) is 6.31. The van der Waals surface area contributed by atoms with Gasteiger partial charge in [0.25, 0.3) is 0 Å². The fourth-order valence-electron chi connectivity index (χ4n) is 2.13. The Bertz CT molecular complexity index is 662. The molecule has 0 unspecified atom stereocenters. The van der Waals surface area contributed by atoms with E-state index in [2.05, 4.69) is 0 Å². The molecule has 110 valence electrons. The number of ether oxygens (including phenoxy) is 2. The van der Waals surface area contributed by atoms with Gasteiger partial charge in [0, 0.05) is 0 Å².